The molecule has 2 atom stereocenters. The molecule has 0 radical (unpaired) electrons. The lowest BCUT2D eigenvalue weighted by atomic mass is 9.90. The SMILES string of the molecule is COc1cc(C2=CSC3=N[C@@H]4CCCC[C@H]4N23)ccc1OC(F)F. The summed E-state index contributed by atoms with van der Waals surface area (Å²) in [7, 11) is 1.45. The number of hydrogen-bond donors (Lipinski definition) is 0. The molecule has 0 amide bonds. The van der Waals surface area contributed by atoms with E-state index in [-0.39, 0.29) is 5.75 Å². The summed E-state index contributed by atoms with van der Waals surface area (Å²) in [6, 6.07) is 5.89. The van der Waals surface area contributed by atoms with Crippen LogP contribution in [0.5, 0.6) is 11.5 Å². The van der Waals surface area contributed by atoms with E-state index >= 15 is 0 Å². The first-order valence-corrected chi connectivity index (χ1v) is 8.92. The Bertz CT molecular complexity index is 708. The van der Waals surface area contributed by atoms with Gasteiger partial charge in [0.25, 0.3) is 0 Å². The quantitative estimate of drug-likeness (QED) is 0.808. The van der Waals surface area contributed by atoms with Crippen LogP contribution in [-0.2, 0) is 0 Å². The minimum Gasteiger partial charge on any atom is -0.493 e. The highest BCUT2D eigenvalue weighted by molar-refractivity contribution is 8.16. The molecule has 1 fully saturated rings. The predicted octanol–water partition coefficient (Wildman–Crippen LogP) is 4.32. The molecule has 0 bridgehead atoms. The second-order valence-corrected chi connectivity index (χ2v) is 6.90. The van der Waals surface area contributed by atoms with Gasteiger partial charge in [-0.2, -0.15) is 8.78 Å². The molecule has 1 saturated carbocycles. The van der Waals surface area contributed by atoms with Gasteiger partial charge in [0.2, 0.25) is 0 Å². The molecular formula is C17H18F2N2O2S. The van der Waals surface area contributed by atoms with Crippen LogP contribution in [0, 0.1) is 0 Å². The molecule has 0 aromatic heterocycles. The van der Waals surface area contributed by atoms with Gasteiger partial charge in [0.05, 0.1) is 24.9 Å². The first-order valence-electron chi connectivity index (χ1n) is 8.04. The van der Waals surface area contributed by atoms with Crippen molar-refractivity contribution in [1.82, 2.24) is 4.90 Å². The summed E-state index contributed by atoms with van der Waals surface area (Å²) in [5, 5.41) is 3.13. The van der Waals surface area contributed by atoms with Gasteiger partial charge in [-0.25, -0.2) is 0 Å². The van der Waals surface area contributed by atoms with Gasteiger partial charge in [-0.15, -0.1) is 0 Å². The third kappa shape index (κ3) is 2.64. The highest BCUT2D eigenvalue weighted by Gasteiger charge is 2.42. The smallest absolute Gasteiger partial charge is 0.387 e. The van der Waals surface area contributed by atoms with Crippen LogP contribution in [0.1, 0.15) is 31.2 Å². The number of methoxy groups -OCH3 is 1. The largest absolute Gasteiger partial charge is 0.493 e. The van der Waals surface area contributed by atoms with Crippen LogP contribution in [0.3, 0.4) is 0 Å². The second kappa shape index (κ2) is 6.27. The zero-order valence-electron chi connectivity index (χ0n) is 13.2. The van der Waals surface area contributed by atoms with Gasteiger partial charge in [-0.1, -0.05) is 24.6 Å². The molecule has 4 rings (SSSR count). The first kappa shape index (κ1) is 15.7. The van der Waals surface area contributed by atoms with Crippen molar-refractivity contribution < 1.29 is 18.3 Å². The number of ether oxygens (including phenoxy) is 2. The van der Waals surface area contributed by atoms with Crippen LogP contribution < -0.4 is 9.47 Å². The van der Waals surface area contributed by atoms with Crippen molar-refractivity contribution >= 4 is 22.6 Å². The van der Waals surface area contributed by atoms with Gasteiger partial charge in [-0.05, 0) is 31.0 Å². The maximum atomic E-state index is 12.5. The molecule has 128 valence electrons. The summed E-state index contributed by atoms with van der Waals surface area (Å²) in [5.41, 5.74) is 1.99. The Morgan fingerprint density at radius 3 is 2.88 bits per heavy atom. The normalized spacial score (nSPS) is 25.2. The third-order valence-corrected chi connectivity index (χ3v) is 5.57. The molecule has 7 heteroatoms. The monoisotopic (exact) mass is 352 g/mol. The molecule has 0 unspecified atom stereocenters. The minimum atomic E-state index is -2.87. The topological polar surface area (TPSA) is 34.1 Å². The number of alkyl halides is 2. The fourth-order valence-corrected chi connectivity index (χ4v) is 4.66. The van der Waals surface area contributed by atoms with Crippen LogP contribution in [-0.4, -0.2) is 35.9 Å². The summed E-state index contributed by atoms with van der Waals surface area (Å²) in [6.45, 7) is -2.87. The van der Waals surface area contributed by atoms with Crippen molar-refractivity contribution in [2.75, 3.05) is 7.11 Å². The van der Waals surface area contributed by atoms with Crippen molar-refractivity contribution in [2.45, 2.75) is 44.4 Å². The van der Waals surface area contributed by atoms with Crippen molar-refractivity contribution in [1.29, 1.82) is 0 Å². The molecule has 1 aliphatic carbocycles. The van der Waals surface area contributed by atoms with E-state index in [1.165, 1.54) is 26.0 Å². The Morgan fingerprint density at radius 1 is 1.25 bits per heavy atom. The number of halogens is 2. The van der Waals surface area contributed by atoms with E-state index in [4.69, 9.17) is 9.73 Å². The van der Waals surface area contributed by atoms with Crippen LogP contribution >= 0.6 is 11.8 Å². The fraction of sp³-hybridized carbons (Fsp3) is 0.471. The molecule has 2 aliphatic heterocycles. The van der Waals surface area contributed by atoms with Gasteiger partial charge >= 0.3 is 6.61 Å². The number of amidine groups is 1. The highest BCUT2D eigenvalue weighted by atomic mass is 32.2. The van der Waals surface area contributed by atoms with E-state index in [0.29, 0.717) is 17.8 Å². The maximum Gasteiger partial charge on any atom is 0.387 e. The number of fused-ring (bicyclic) bond motifs is 3. The zero-order valence-corrected chi connectivity index (χ0v) is 14.1. The molecule has 4 nitrogen and oxygen atoms in total. The van der Waals surface area contributed by atoms with E-state index in [1.807, 2.05) is 0 Å². The highest BCUT2D eigenvalue weighted by Crippen LogP contribution is 2.45. The summed E-state index contributed by atoms with van der Waals surface area (Å²) < 4.78 is 34.7. The van der Waals surface area contributed by atoms with Crippen molar-refractivity contribution in [3.63, 3.8) is 0 Å². The molecular weight excluding hydrogens is 334 g/mol. The van der Waals surface area contributed by atoms with Crippen LogP contribution in [0.4, 0.5) is 8.78 Å². The number of aliphatic imine (C=N–C) groups is 1. The predicted molar refractivity (Wildman–Crippen MR) is 90.5 cm³/mol. The average molecular weight is 352 g/mol. The Balaban J connectivity index is 1.63. The van der Waals surface area contributed by atoms with Crippen molar-refractivity contribution in [3.05, 3.63) is 29.2 Å². The van der Waals surface area contributed by atoms with E-state index in [2.05, 4.69) is 15.0 Å². The Labute approximate surface area is 143 Å². The number of nitrogens with zero attached hydrogens (tertiary/aromatic N) is 2. The Morgan fingerprint density at radius 2 is 2.08 bits per heavy atom. The first-order chi connectivity index (χ1) is 11.7. The van der Waals surface area contributed by atoms with Gasteiger partial charge in [0.15, 0.2) is 16.7 Å². The van der Waals surface area contributed by atoms with E-state index < -0.39 is 6.61 Å². The van der Waals surface area contributed by atoms with Crippen molar-refractivity contribution in [2.24, 2.45) is 4.99 Å². The van der Waals surface area contributed by atoms with Gasteiger partial charge < -0.3 is 14.4 Å². The standard InChI is InChI=1S/C17H18F2N2O2S/c1-22-15-8-10(6-7-14(15)23-16(18)19)13-9-24-17-20-11-4-2-3-5-12(11)21(13)17/h6-9,11-12,16H,2-5H2,1H3/t11-,12-/m1/s1. The second-order valence-electron chi connectivity index (χ2n) is 6.07. The van der Waals surface area contributed by atoms with E-state index in [0.717, 1.165) is 29.3 Å². The molecule has 3 aliphatic rings. The summed E-state index contributed by atoms with van der Waals surface area (Å²) in [4.78, 5) is 7.15. The average Bonchev–Trinajstić information content (AvgIpc) is 3.14. The molecule has 0 N–H and O–H groups in total. The van der Waals surface area contributed by atoms with Gasteiger partial charge in [0.1, 0.15) is 0 Å². The summed E-state index contributed by atoms with van der Waals surface area (Å²) in [5.74, 6) is 0.358. The molecule has 2 heterocycles. The molecule has 1 aromatic carbocycles. The van der Waals surface area contributed by atoms with Crippen LogP contribution in [0.15, 0.2) is 28.6 Å². The number of hydrogen-bond acceptors (Lipinski definition) is 5. The van der Waals surface area contributed by atoms with Crippen molar-refractivity contribution in [3.8, 4) is 11.5 Å². The number of benzene rings is 1. The lowest BCUT2D eigenvalue weighted by Gasteiger charge is -2.32. The lowest BCUT2D eigenvalue weighted by molar-refractivity contribution is -0.0512. The lowest BCUT2D eigenvalue weighted by Crippen LogP contribution is -2.38. The summed E-state index contributed by atoms with van der Waals surface area (Å²) in [6.07, 6.45) is 4.74. The Kier molecular flexibility index (Phi) is 4.12. The van der Waals surface area contributed by atoms with Gasteiger partial charge in [-0.3, -0.25) is 4.99 Å². The maximum absolute atomic E-state index is 12.5. The Hall–Kier alpha value is -1.76. The number of rotatable bonds is 4. The van der Waals surface area contributed by atoms with Crippen LogP contribution in [0.2, 0.25) is 0 Å². The number of thioether (sulfide) groups is 1. The zero-order chi connectivity index (χ0) is 16.7. The fourth-order valence-electron chi connectivity index (χ4n) is 3.65. The minimum absolute atomic E-state index is 0.0494. The third-order valence-electron chi connectivity index (χ3n) is 4.72. The van der Waals surface area contributed by atoms with Gasteiger partial charge in [0, 0.05) is 11.0 Å². The van der Waals surface area contributed by atoms with Crippen LogP contribution in [0.25, 0.3) is 5.70 Å². The van der Waals surface area contributed by atoms with E-state index in [1.54, 1.807) is 23.9 Å². The molecule has 0 spiro atoms. The molecule has 1 aromatic rings. The molecule has 24 heavy (non-hydrogen) atoms. The summed E-state index contributed by atoms with van der Waals surface area (Å²) >= 11 is 1.63. The molecule has 0 saturated heterocycles. The van der Waals surface area contributed by atoms with E-state index in [9.17, 15) is 8.78 Å².